The van der Waals surface area contributed by atoms with Crippen molar-refractivity contribution in [3.05, 3.63) is 29.3 Å². The standard InChI is InChI=1S/C17H24N2O2/c1-18(13-17(20)19-8-3-2-4-9-19)12-14-5-6-16-15(11-14)7-10-21-16/h5-6,11H,2-4,7-10,12-13H2,1H3. The van der Waals surface area contributed by atoms with Crippen LogP contribution in [0.25, 0.3) is 0 Å². The van der Waals surface area contributed by atoms with Gasteiger partial charge in [-0.15, -0.1) is 0 Å². The predicted octanol–water partition coefficient (Wildman–Crippen LogP) is 2.07. The summed E-state index contributed by atoms with van der Waals surface area (Å²) < 4.78 is 5.53. The monoisotopic (exact) mass is 288 g/mol. The highest BCUT2D eigenvalue weighted by Crippen LogP contribution is 2.26. The minimum Gasteiger partial charge on any atom is -0.493 e. The zero-order valence-corrected chi connectivity index (χ0v) is 12.8. The minimum absolute atomic E-state index is 0.265. The summed E-state index contributed by atoms with van der Waals surface area (Å²) >= 11 is 0. The summed E-state index contributed by atoms with van der Waals surface area (Å²) in [4.78, 5) is 16.4. The zero-order chi connectivity index (χ0) is 14.7. The molecule has 2 heterocycles. The molecule has 2 aliphatic heterocycles. The van der Waals surface area contributed by atoms with E-state index >= 15 is 0 Å². The van der Waals surface area contributed by atoms with Crippen LogP contribution in [-0.2, 0) is 17.8 Å². The number of rotatable bonds is 4. The average Bonchev–Trinajstić information content (AvgIpc) is 2.95. The number of hydrogen-bond donors (Lipinski definition) is 0. The topological polar surface area (TPSA) is 32.8 Å². The van der Waals surface area contributed by atoms with Crippen molar-refractivity contribution >= 4 is 5.91 Å². The summed E-state index contributed by atoms with van der Waals surface area (Å²) in [7, 11) is 2.02. The number of likely N-dealkylation sites (N-methyl/N-ethyl adjacent to an activating group) is 1. The molecule has 2 aliphatic rings. The molecule has 3 rings (SSSR count). The lowest BCUT2D eigenvalue weighted by molar-refractivity contribution is -0.133. The maximum absolute atomic E-state index is 12.3. The number of fused-ring (bicyclic) bond motifs is 1. The number of ether oxygens (including phenoxy) is 1. The number of benzene rings is 1. The van der Waals surface area contributed by atoms with Crippen LogP contribution in [0.2, 0.25) is 0 Å². The highest BCUT2D eigenvalue weighted by Gasteiger charge is 2.18. The van der Waals surface area contributed by atoms with Crippen molar-refractivity contribution in [2.75, 3.05) is 33.3 Å². The Morgan fingerprint density at radius 1 is 1.29 bits per heavy atom. The van der Waals surface area contributed by atoms with Gasteiger partial charge in [-0.3, -0.25) is 9.69 Å². The molecule has 0 bridgehead atoms. The van der Waals surface area contributed by atoms with Gasteiger partial charge in [0.05, 0.1) is 13.2 Å². The van der Waals surface area contributed by atoms with E-state index in [1.165, 1.54) is 17.5 Å². The minimum atomic E-state index is 0.265. The molecule has 0 spiro atoms. The molecule has 21 heavy (non-hydrogen) atoms. The second-order valence-electron chi connectivity index (χ2n) is 6.15. The van der Waals surface area contributed by atoms with Crippen LogP contribution in [-0.4, -0.2) is 49.0 Å². The molecule has 0 saturated carbocycles. The molecule has 1 amide bonds. The van der Waals surface area contributed by atoms with Crippen molar-refractivity contribution in [3.8, 4) is 5.75 Å². The van der Waals surface area contributed by atoms with Crippen LogP contribution in [0, 0.1) is 0 Å². The van der Waals surface area contributed by atoms with Crippen molar-refractivity contribution in [2.45, 2.75) is 32.2 Å². The number of amides is 1. The lowest BCUT2D eigenvalue weighted by Gasteiger charge is -2.28. The molecular formula is C17H24N2O2. The van der Waals surface area contributed by atoms with Gasteiger partial charge in [0.15, 0.2) is 0 Å². The molecule has 0 unspecified atom stereocenters. The number of carbonyl (C=O) groups excluding carboxylic acids is 1. The van der Waals surface area contributed by atoms with E-state index in [0.29, 0.717) is 6.54 Å². The normalized spacial score (nSPS) is 17.7. The number of likely N-dealkylation sites (tertiary alicyclic amines) is 1. The molecule has 1 saturated heterocycles. The smallest absolute Gasteiger partial charge is 0.236 e. The Balaban J connectivity index is 1.53. The number of carbonyl (C=O) groups is 1. The van der Waals surface area contributed by atoms with Crippen molar-refractivity contribution in [1.29, 1.82) is 0 Å². The summed E-state index contributed by atoms with van der Waals surface area (Å²) in [5, 5.41) is 0. The fraction of sp³-hybridized carbons (Fsp3) is 0.588. The van der Waals surface area contributed by atoms with Crippen LogP contribution in [0.3, 0.4) is 0 Å². The molecular weight excluding hydrogens is 264 g/mol. The van der Waals surface area contributed by atoms with Gasteiger partial charge >= 0.3 is 0 Å². The number of hydrogen-bond acceptors (Lipinski definition) is 3. The molecule has 0 aromatic heterocycles. The number of nitrogens with zero attached hydrogens (tertiary/aromatic N) is 2. The first-order chi connectivity index (χ1) is 10.2. The average molecular weight is 288 g/mol. The summed E-state index contributed by atoms with van der Waals surface area (Å²) in [5.41, 5.74) is 2.55. The third-order valence-corrected chi connectivity index (χ3v) is 4.32. The van der Waals surface area contributed by atoms with Crippen molar-refractivity contribution in [3.63, 3.8) is 0 Å². The Labute approximate surface area is 126 Å². The van der Waals surface area contributed by atoms with E-state index in [-0.39, 0.29) is 5.91 Å². The first-order valence-electron chi connectivity index (χ1n) is 7.93. The van der Waals surface area contributed by atoms with E-state index in [4.69, 9.17) is 4.74 Å². The summed E-state index contributed by atoms with van der Waals surface area (Å²) in [6, 6.07) is 6.37. The molecule has 0 aliphatic carbocycles. The van der Waals surface area contributed by atoms with Gasteiger partial charge < -0.3 is 9.64 Å². The first-order valence-corrected chi connectivity index (χ1v) is 7.93. The van der Waals surface area contributed by atoms with E-state index in [0.717, 1.165) is 51.3 Å². The van der Waals surface area contributed by atoms with E-state index < -0.39 is 0 Å². The highest BCUT2D eigenvalue weighted by molar-refractivity contribution is 5.78. The van der Waals surface area contributed by atoms with Crippen LogP contribution in [0.4, 0.5) is 0 Å². The Morgan fingerprint density at radius 3 is 2.90 bits per heavy atom. The summed E-state index contributed by atoms with van der Waals surface area (Å²) in [6.07, 6.45) is 4.57. The highest BCUT2D eigenvalue weighted by atomic mass is 16.5. The molecule has 114 valence electrons. The van der Waals surface area contributed by atoms with Gasteiger partial charge in [0.1, 0.15) is 5.75 Å². The molecule has 4 heteroatoms. The Kier molecular flexibility index (Phi) is 4.44. The second-order valence-corrected chi connectivity index (χ2v) is 6.15. The van der Waals surface area contributed by atoms with Crippen molar-refractivity contribution in [1.82, 2.24) is 9.80 Å². The van der Waals surface area contributed by atoms with Gasteiger partial charge in [-0.2, -0.15) is 0 Å². The Bertz CT molecular complexity index is 510. The van der Waals surface area contributed by atoms with Gasteiger partial charge in [-0.25, -0.2) is 0 Å². The maximum atomic E-state index is 12.3. The fourth-order valence-corrected chi connectivity index (χ4v) is 3.18. The quantitative estimate of drug-likeness (QED) is 0.850. The van der Waals surface area contributed by atoms with Gasteiger partial charge in [0.25, 0.3) is 0 Å². The van der Waals surface area contributed by atoms with Gasteiger partial charge in [-0.1, -0.05) is 12.1 Å². The fourth-order valence-electron chi connectivity index (χ4n) is 3.18. The molecule has 0 radical (unpaired) electrons. The SMILES string of the molecule is CN(CC(=O)N1CCCCC1)Cc1ccc2c(c1)CCO2. The third-order valence-electron chi connectivity index (χ3n) is 4.32. The van der Waals surface area contributed by atoms with Crippen LogP contribution in [0.5, 0.6) is 5.75 Å². The lowest BCUT2D eigenvalue weighted by Crippen LogP contribution is -2.41. The Hall–Kier alpha value is -1.55. The molecule has 1 fully saturated rings. The third kappa shape index (κ3) is 3.56. The predicted molar refractivity (Wildman–Crippen MR) is 82.4 cm³/mol. The van der Waals surface area contributed by atoms with Gasteiger partial charge in [0.2, 0.25) is 5.91 Å². The second kappa shape index (κ2) is 6.48. The van der Waals surface area contributed by atoms with Crippen LogP contribution < -0.4 is 4.74 Å². The van der Waals surface area contributed by atoms with Crippen LogP contribution >= 0.6 is 0 Å². The zero-order valence-electron chi connectivity index (χ0n) is 12.8. The largest absolute Gasteiger partial charge is 0.493 e. The van der Waals surface area contributed by atoms with Crippen molar-refractivity contribution < 1.29 is 9.53 Å². The van der Waals surface area contributed by atoms with E-state index in [1.807, 2.05) is 11.9 Å². The lowest BCUT2D eigenvalue weighted by atomic mass is 10.1. The molecule has 4 nitrogen and oxygen atoms in total. The Morgan fingerprint density at radius 2 is 2.10 bits per heavy atom. The molecule has 1 aromatic rings. The maximum Gasteiger partial charge on any atom is 0.236 e. The van der Waals surface area contributed by atoms with Gasteiger partial charge in [0, 0.05) is 26.1 Å². The van der Waals surface area contributed by atoms with E-state index in [2.05, 4.69) is 23.1 Å². The van der Waals surface area contributed by atoms with Crippen LogP contribution in [0.1, 0.15) is 30.4 Å². The van der Waals surface area contributed by atoms with Gasteiger partial charge in [-0.05, 0) is 43.5 Å². The first kappa shape index (κ1) is 14.4. The van der Waals surface area contributed by atoms with Crippen molar-refractivity contribution in [2.24, 2.45) is 0 Å². The molecule has 1 aromatic carbocycles. The van der Waals surface area contributed by atoms with E-state index in [9.17, 15) is 4.79 Å². The summed E-state index contributed by atoms with van der Waals surface area (Å²) in [5.74, 6) is 1.28. The van der Waals surface area contributed by atoms with Crippen LogP contribution in [0.15, 0.2) is 18.2 Å². The summed E-state index contributed by atoms with van der Waals surface area (Å²) in [6.45, 7) is 3.98. The van der Waals surface area contributed by atoms with E-state index in [1.54, 1.807) is 0 Å². The number of piperidine rings is 1. The molecule has 0 atom stereocenters. The molecule has 0 N–H and O–H groups in total.